The third-order valence-electron chi connectivity index (χ3n) is 6.40. The van der Waals surface area contributed by atoms with Crippen molar-refractivity contribution < 1.29 is 9.28 Å². The predicted molar refractivity (Wildman–Crippen MR) is 126 cm³/mol. The Morgan fingerprint density at radius 2 is 1.59 bits per heavy atom. The van der Waals surface area contributed by atoms with E-state index in [1.165, 1.54) is 82.9 Å². The van der Waals surface area contributed by atoms with Crippen molar-refractivity contribution in [2.75, 3.05) is 32.7 Å². The molecule has 29 heavy (non-hydrogen) atoms. The highest BCUT2D eigenvalue weighted by molar-refractivity contribution is 5.77. The molecule has 0 aromatic heterocycles. The Kier molecular flexibility index (Phi) is 14.8. The Labute approximate surface area is 180 Å². The molecule has 0 aromatic carbocycles. The van der Waals surface area contributed by atoms with Crippen LogP contribution in [0.5, 0.6) is 0 Å². The fourth-order valence-corrected chi connectivity index (χ4v) is 4.45. The van der Waals surface area contributed by atoms with Gasteiger partial charge in [0.05, 0.1) is 19.6 Å². The van der Waals surface area contributed by atoms with Gasteiger partial charge in [-0.25, -0.2) is 4.99 Å². The molecule has 0 spiro atoms. The number of rotatable bonds is 18. The summed E-state index contributed by atoms with van der Waals surface area (Å²) >= 11 is 0. The van der Waals surface area contributed by atoms with Crippen molar-refractivity contribution in [2.24, 2.45) is 4.99 Å². The number of carbonyl (C=O) groups excluding carboxylic acids is 1. The van der Waals surface area contributed by atoms with Gasteiger partial charge in [-0.2, -0.15) is 0 Å². The first-order valence-electron chi connectivity index (χ1n) is 12.4. The van der Waals surface area contributed by atoms with Crippen molar-refractivity contribution >= 4 is 11.7 Å². The van der Waals surface area contributed by atoms with E-state index in [-0.39, 0.29) is 5.91 Å². The summed E-state index contributed by atoms with van der Waals surface area (Å²) in [5.74, 6) is 1.45. The highest BCUT2D eigenvalue weighted by Gasteiger charge is 2.35. The van der Waals surface area contributed by atoms with E-state index in [2.05, 4.69) is 31.3 Å². The molecule has 0 radical (unpaired) electrons. The summed E-state index contributed by atoms with van der Waals surface area (Å²) < 4.78 is 0.995. The van der Waals surface area contributed by atoms with E-state index in [4.69, 9.17) is 4.99 Å². The fraction of sp³-hybridized carbons (Fsp3) is 0.840. The number of amides is 1. The highest BCUT2D eigenvalue weighted by atomic mass is 16.1. The molecular weight excluding hydrogens is 358 g/mol. The number of carbonyl (C=O) groups is 1. The fourth-order valence-electron chi connectivity index (χ4n) is 4.45. The number of allylic oxidation sites excluding steroid dienone is 2. The van der Waals surface area contributed by atoms with Crippen LogP contribution in [0.25, 0.3) is 0 Å². The van der Waals surface area contributed by atoms with Crippen molar-refractivity contribution in [3.63, 3.8) is 0 Å². The third-order valence-corrected chi connectivity index (χ3v) is 6.40. The van der Waals surface area contributed by atoms with Crippen LogP contribution in [0.2, 0.25) is 0 Å². The van der Waals surface area contributed by atoms with E-state index in [0.717, 1.165) is 43.6 Å². The molecule has 0 saturated heterocycles. The van der Waals surface area contributed by atoms with Crippen molar-refractivity contribution in [3.05, 3.63) is 12.2 Å². The van der Waals surface area contributed by atoms with Crippen LogP contribution >= 0.6 is 0 Å². The largest absolute Gasteiger partial charge is 0.351 e. The highest BCUT2D eigenvalue weighted by Crippen LogP contribution is 2.20. The number of likely N-dealkylation sites (N-methyl/N-ethyl adjacent to an activating group) is 1. The molecule has 1 aliphatic heterocycles. The average Bonchev–Trinajstić information content (AvgIpc) is 3.11. The van der Waals surface area contributed by atoms with Gasteiger partial charge in [-0.15, -0.1) is 0 Å². The molecule has 0 aromatic rings. The summed E-state index contributed by atoms with van der Waals surface area (Å²) in [5.41, 5.74) is 0. The van der Waals surface area contributed by atoms with E-state index in [9.17, 15) is 4.79 Å². The molecule has 0 saturated carbocycles. The van der Waals surface area contributed by atoms with Gasteiger partial charge < -0.3 is 5.32 Å². The van der Waals surface area contributed by atoms with Crippen molar-refractivity contribution in [1.82, 2.24) is 5.32 Å². The van der Waals surface area contributed by atoms with Crippen LogP contribution in [0.1, 0.15) is 104 Å². The zero-order valence-corrected chi connectivity index (χ0v) is 19.7. The first kappa shape index (κ1) is 25.9. The maximum Gasteiger partial charge on any atom is 0.217 e. The van der Waals surface area contributed by atoms with E-state index in [1.807, 2.05) is 0 Å². The molecule has 0 bridgehead atoms. The van der Waals surface area contributed by atoms with Crippen LogP contribution in [0, 0.1) is 0 Å². The van der Waals surface area contributed by atoms with E-state index >= 15 is 0 Å². The summed E-state index contributed by atoms with van der Waals surface area (Å²) in [6, 6.07) is 0. The molecule has 4 heteroatoms. The summed E-state index contributed by atoms with van der Waals surface area (Å²) in [6.07, 6.45) is 22.1. The number of hydrogen-bond acceptors (Lipinski definition) is 2. The molecule has 0 aliphatic carbocycles. The minimum absolute atomic E-state index is 0.0707. The van der Waals surface area contributed by atoms with Crippen molar-refractivity contribution in [1.29, 1.82) is 0 Å². The maximum atomic E-state index is 11.2. The van der Waals surface area contributed by atoms with Gasteiger partial charge in [0.15, 0.2) is 5.84 Å². The average molecular weight is 407 g/mol. The molecule has 1 heterocycles. The first-order chi connectivity index (χ1) is 14.1. The quantitative estimate of drug-likeness (QED) is 0.169. The lowest BCUT2D eigenvalue weighted by atomic mass is 10.0. The van der Waals surface area contributed by atoms with Gasteiger partial charge in [-0.3, -0.25) is 9.28 Å². The number of aliphatic imine (C=N–C) groups is 1. The summed E-state index contributed by atoms with van der Waals surface area (Å²) in [5, 5.41) is 2.96. The van der Waals surface area contributed by atoms with Crippen LogP contribution in [0.3, 0.4) is 0 Å². The lowest BCUT2D eigenvalue weighted by molar-refractivity contribution is -0.833. The van der Waals surface area contributed by atoms with Gasteiger partial charge >= 0.3 is 0 Å². The maximum absolute atomic E-state index is 11.2. The molecule has 1 aliphatic rings. The minimum Gasteiger partial charge on any atom is -0.351 e. The SMILES string of the molecule is C/C=C/CCCCCCCCCCCCCC1=NCC[N+]1(CC)CCNC(C)=O. The predicted octanol–water partition coefficient (Wildman–Crippen LogP) is 6.02. The van der Waals surface area contributed by atoms with Crippen LogP contribution in [0.4, 0.5) is 0 Å². The van der Waals surface area contributed by atoms with Crippen molar-refractivity contribution in [3.8, 4) is 0 Å². The molecule has 1 N–H and O–H groups in total. The van der Waals surface area contributed by atoms with E-state index in [1.54, 1.807) is 6.92 Å². The number of amidine groups is 1. The topological polar surface area (TPSA) is 41.5 Å². The summed E-state index contributed by atoms with van der Waals surface area (Å²) in [7, 11) is 0. The number of unbranched alkanes of at least 4 members (excludes halogenated alkanes) is 11. The normalized spacial score (nSPS) is 19.1. The van der Waals surface area contributed by atoms with Gasteiger partial charge in [-0.1, -0.05) is 69.9 Å². The van der Waals surface area contributed by atoms with Gasteiger partial charge in [0.1, 0.15) is 13.1 Å². The Morgan fingerprint density at radius 3 is 2.14 bits per heavy atom. The summed E-state index contributed by atoms with van der Waals surface area (Å²) in [4.78, 5) is 16.0. The number of nitrogens with one attached hydrogen (secondary N) is 1. The number of nitrogens with zero attached hydrogens (tertiary/aromatic N) is 2. The Bertz CT molecular complexity index is 486. The molecule has 1 amide bonds. The molecule has 1 unspecified atom stereocenters. The molecule has 4 nitrogen and oxygen atoms in total. The lowest BCUT2D eigenvalue weighted by Gasteiger charge is -2.33. The van der Waals surface area contributed by atoms with Gasteiger partial charge in [0.25, 0.3) is 0 Å². The monoisotopic (exact) mass is 406 g/mol. The zero-order chi connectivity index (χ0) is 21.2. The standard InChI is InChI=1S/C25H47N3O/c1-4-6-7-8-9-10-11-12-13-14-15-16-17-18-19-25-27-21-23-28(25,5-2)22-20-26-24(3)29/h4,6H,5,7-23H2,1-3H3/p+1/b6-4+. The van der Waals surface area contributed by atoms with E-state index < -0.39 is 0 Å². The van der Waals surface area contributed by atoms with Gasteiger partial charge in [-0.05, 0) is 33.1 Å². The second kappa shape index (κ2) is 16.6. The van der Waals surface area contributed by atoms with Gasteiger partial charge in [0.2, 0.25) is 5.91 Å². The molecule has 1 atom stereocenters. The lowest BCUT2D eigenvalue weighted by Crippen LogP contribution is -2.54. The van der Waals surface area contributed by atoms with E-state index in [0.29, 0.717) is 0 Å². The smallest absolute Gasteiger partial charge is 0.217 e. The van der Waals surface area contributed by atoms with Gasteiger partial charge in [0, 0.05) is 13.3 Å². The molecular formula is C25H48N3O+. The second-order valence-electron chi connectivity index (χ2n) is 8.69. The Balaban J connectivity index is 2.01. The molecule has 0 fully saturated rings. The number of hydrogen-bond donors (Lipinski definition) is 1. The minimum atomic E-state index is 0.0707. The van der Waals surface area contributed by atoms with Crippen LogP contribution in [0.15, 0.2) is 17.1 Å². The van der Waals surface area contributed by atoms with Crippen LogP contribution in [-0.2, 0) is 4.79 Å². The third kappa shape index (κ3) is 11.6. The second-order valence-corrected chi connectivity index (χ2v) is 8.69. The van der Waals surface area contributed by atoms with Crippen molar-refractivity contribution in [2.45, 2.75) is 104 Å². The Morgan fingerprint density at radius 1 is 1.00 bits per heavy atom. The van der Waals surface area contributed by atoms with Crippen LogP contribution in [-0.4, -0.2) is 48.9 Å². The molecule has 168 valence electrons. The Hall–Kier alpha value is -1.16. The summed E-state index contributed by atoms with van der Waals surface area (Å²) in [6.45, 7) is 10.9. The zero-order valence-electron chi connectivity index (χ0n) is 19.7. The van der Waals surface area contributed by atoms with Crippen LogP contribution < -0.4 is 5.32 Å². The first-order valence-corrected chi connectivity index (χ1v) is 12.4. The molecule has 1 rings (SSSR count). The number of quaternary nitrogens is 1.